The largest absolute Gasteiger partial charge is 0.489 e. The van der Waals surface area contributed by atoms with E-state index in [1.807, 2.05) is 77.7 Å². The van der Waals surface area contributed by atoms with Gasteiger partial charge in [0.25, 0.3) is 0 Å². The monoisotopic (exact) mass is 701 g/mol. The molecule has 46 heavy (non-hydrogen) atoms. The van der Waals surface area contributed by atoms with Crippen molar-refractivity contribution in [2.45, 2.75) is 83.3 Å². The molecule has 0 unspecified atom stereocenters. The molecular weight excluding hydrogens is 657 g/mol. The van der Waals surface area contributed by atoms with E-state index in [1.54, 1.807) is 0 Å². The molecule has 1 aliphatic heterocycles. The van der Waals surface area contributed by atoms with Crippen LogP contribution in [0.5, 0.6) is 5.75 Å². The lowest BCUT2D eigenvalue weighted by Crippen LogP contribution is -2.41. The number of carbonyl (C=O) groups is 1. The topological polar surface area (TPSA) is 38.8 Å². The molecule has 0 saturated carbocycles. The maximum Gasteiger partial charge on any atom is 0.227 e. The third-order valence-corrected chi connectivity index (χ3v) is 14.5. The molecule has 3 atom stereocenters. The molecule has 5 rings (SSSR count). The van der Waals surface area contributed by atoms with Crippen LogP contribution >= 0.6 is 15.9 Å². The van der Waals surface area contributed by atoms with E-state index < -0.39 is 8.32 Å². The Morgan fingerprint density at radius 1 is 0.935 bits per heavy atom. The summed E-state index contributed by atoms with van der Waals surface area (Å²) in [7, 11) is -2.11. The van der Waals surface area contributed by atoms with Gasteiger partial charge in [0, 0.05) is 22.1 Å². The number of benzene rings is 4. The Morgan fingerprint density at radius 3 is 2.24 bits per heavy atom. The van der Waals surface area contributed by atoms with E-state index >= 15 is 0 Å². The number of hydrogen-bond donors (Lipinski definition) is 0. The van der Waals surface area contributed by atoms with E-state index in [2.05, 4.69) is 68.0 Å². The van der Waals surface area contributed by atoms with Gasteiger partial charge in [-0.3, -0.25) is 4.79 Å². The molecule has 1 fully saturated rings. The third-order valence-electron chi connectivity index (χ3n) is 9.52. The summed E-state index contributed by atoms with van der Waals surface area (Å²) in [6.45, 7) is 11.7. The summed E-state index contributed by atoms with van der Waals surface area (Å²) in [5.74, 6) is 0.720. The Bertz CT molecular complexity index is 1590. The van der Waals surface area contributed by atoms with Crippen LogP contribution in [0.15, 0.2) is 108 Å². The van der Waals surface area contributed by atoms with Crippen LogP contribution in [-0.4, -0.2) is 14.2 Å². The molecule has 1 amide bonds. The summed E-state index contributed by atoms with van der Waals surface area (Å²) in [6, 6.07) is 32.8. The summed E-state index contributed by atoms with van der Waals surface area (Å²) in [5.41, 5.74) is 3.98. The van der Waals surface area contributed by atoms with Crippen LogP contribution in [0, 0.1) is 11.7 Å². The average Bonchev–Trinajstić information content (AvgIpc) is 3.35. The highest BCUT2D eigenvalue weighted by atomic mass is 79.9. The van der Waals surface area contributed by atoms with Gasteiger partial charge in [-0.2, -0.15) is 0 Å². The first-order valence-corrected chi connectivity index (χ1v) is 19.9. The number of amides is 1. The number of rotatable bonds is 12. The van der Waals surface area contributed by atoms with Crippen molar-refractivity contribution in [1.82, 2.24) is 0 Å². The van der Waals surface area contributed by atoms with Crippen LogP contribution in [0.25, 0.3) is 0 Å². The molecule has 242 valence electrons. The maximum absolute atomic E-state index is 13.9. The molecule has 1 aliphatic rings. The molecule has 4 nitrogen and oxygen atoms in total. The molecule has 7 heteroatoms. The van der Waals surface area contributed by atoms with Gasteiger partial charge in [0.2, 0.25) is 5.91 Å². The van der Waals surface area contributed by atoms with Crippen LogP contribution in [0.4, 0.5) is 10.1 Å². The van der Waals surface area contributed by atoms with Crippen LogP contribution < -0.4 is 9.64 Å². The average molecular weight is 703 g/mol. The zero-order valence-corrected chi connectivity index (χ0v) is 30.1. The lowest BCUT2D eigenvalue weighted by atomic mass is 9.88. The molecule has 0 radical (unpaired) electrons. The van der Waals surface area contributed by atoms with Gasteiger partial charge in [0.1, 0.15) is 18.2 Å². The van der Waals surface area contributed by atoms with Crippen molar-refractivity contribution in [3.8, 4) is 5.75 Å². The molecule has 0 bridgehead atoms. The minimum absolute atomic E-state index is 0.0438. The van der Waals surface area contributed by atoms with Crippen LogP contribution in [0.1, 0.15) is 75.3 Å². The Balaban J connectivity index is 1.43. The maximum atomic E-state index is 13.9. The molecule has 0 N–H and O–H groups in total. The smallest absolute Gasteiger partial charge is 0.227 e. The van der Waals surface area contributed by atoms with Gasteiger partial charge >= 0.3 is 0 Å². The van der Waals surface area contributed by atoms with E-state index in [-0.39, 0.29) is 34.8 Å². The number of nitrogens with zero attached hydrogens (tertiary/aromatic N) is 1. The van der Waals surface area contributed by atoms with Crippen LogP contribution in [0.2, 0.25) is 18.1 Å². The number of halogens is 2. The minimum Gasteiger partial charge on any atom is -0.489 e. The molecule has 1 saturated heterocycles. The second-order valence-electron chi connectivity index (χ2n) is 13.8. The minimum atomic E-state index is -2.11. The SMILES string of the molecule is CC(C)(C)[Si](C)(C)O[C@H](CCC[C@H]1CC(=O)N(c2ccccc2)[C@@H]1c1ccc(Br)cc1OCc1ccccc1)c1ccc(F)cc1. The molecule has 0 spiro atoms. The normalized spacial score (nSPS) is 17.7. The first kappa shape index (κ1) is 34.1. The molecule has 1 heterocycles. The highest BCUT2D eigenvalue weighted by Crippen LogP contribution is 2.48. The van der Waals surface area contributed by atoms with E-state index in [9.17, 15) is 9.18 Å². The third kappa shape index (κ3) is 8.17. The number of anilines is 1. The van der Waals surface area contributed by atoms with Crippen molar-refractivity contribution in [3.63, 3.8) is 0 Å². The van der Waals surface area contributed by atoms with E-state index in [0.717, 1.165) is 51.9 Å². The Kier molecular flexibility index (Phi) is 10.9. The lowest BCUT2D eigenvalue weighted by molar-refractivity contribution is -0.117. The van der Waals surface area contributed by atoms with Crippen molar-refractivity contribution in [2.24, 2.45) is 5.92 Å². The van der Waals surface area contributed by atoms with Gasteiger partial charge in [0.15, 0.2) is 8.32 Å². The fourth-order valence-electron chi connectivity index (χ4n) is 6.03. The highest BCUT2D eigenvalue weighted by molar-refractivity contribution is 9.10. The van der Waals surface area contributed by atoms with Gasteiger partial charge in [-0.25, -0.2) is 4.39 Å². The molecular formula is C39H45BrFNO3Si. The van der Waals surface area contributed by atoms with Crippen molar-refractivity contribution in [3.05, 3.63) is 130 Å². The van der Waals surface area contributed by atoms with Gasteiger partial charge in [0.05, 0.1) is 12.1 Å². The fraction of sp³-hybridized carbons (Fsp3) is 0.359. The van der Waals surface area contributed by atoms with Crippen molar-refractivity contribution in [1.29, 1.82) is 0 Å². The summed E-state index contributed by atoms with van der Waals surface area (Å²) in [6.07, 6.45) is 2.81. The summed E-state index contributed by atoms with van der Waals surface area (Å²) in [5, 5.41) is 0.0438. The number of carbonyl (C=O) groups excluding carboxylic acids is 1. The fourth-order valence-corrected chi connectivity index (χ4v) is 7.69. The second kappa shape index (κ2) is 14.7. The summed E-state index contributed by atoms with van der Waals surface area (Å²) >= 11 is 3.65. The predicted octanol–water partition coefficient (Wildman–Crippen LogP) is 11.2. The van der Waals surface area contributed by atoms with Gasteiger partial charge in [-0.1, -0.05) is 110 Å². The first-order valence-electron chi connectivity index (χ1n) is 16.2. The van der Waals surface area contributed by atoms with Gasteiger partial charge in [-0.05, 0) is 84.4 Å². The zero-order chi connectivity index (χ0) is 32.9. The summed E-state index contributed by atoms with van der Waals surface area (Å²) in [4.78, 5) is 15.8. The molecule has 4 aromatic rings. The van der Waals surface area contributed by atoms with E-state index in [4.69, 9.17) is 9.16 Å². The number of ether oxygens (including phenoxy) is 1. The predicted molar refractivity (Wildman–Crippen MR) is 191 cm³/mol. The molecule has 4 aromatic carbocycles. The Labute approximate surface area is 283 Å². The van der Waals surface area contributed by atoms with Crippen molar-refractivity contribution < 1.29 is 18.3 Å². The van der Waals surface area contributed by atoms with E-state index in [1.165, 1.54) is 12.1 Å². The number of para-hydroxylation sites is 1. The molecule has 0 aromatic heterocycles. The van der Waals surface area contributed by atoms with Gasteiger partial charge < -0.3 is 14.1 Å². The molecule has 0 aliphatic carbocycles. The highest BCUT2D eigenvalue weighted by Gasteiger charge is 2.43. The van der Waals surface area contributed by atoms with Crippen LogP contribution in [0.3, 0.4) is 0 Å². The van der Waals surface area contributed by atoms with Crippen molar-refractivity contribution >= 4 is 35.8 Å². The van der Waals surface area contributed by atoms with E-state index in [0.29, 0.717) is 13.0 Å². The Hall–Kier alpha value is -3.26. The van der Waals surface area contributed by atoms with Crippen LogP contribution in [-0.2, 0) is 15.8 Å². The lowest BCUT2D eigenvalue weighted by Gasteiger charge is -2.39. The Morgan fingerprint density at radius 2 is 1.59 bits per heavy atom. The van der Waals surface area contributed by atoms with Crippen molar-refractivity contribution in [2.75, 3.05) is 4.90 Å². The zero-order valence-electron chi connectivity index (χ0n) is 27.5. The van der Waals surface area contributed by atoms with Gasteiger partial charge in [-0.15, -0.1) is 0 Å². The standard InChI is InChI=1S/C39H45BrFNO3Si/c1-39(2,3)46(4,5)45-35(29-19-22-32(41)23-20-29)18-12-15-30-25-37(43)42(33-16-10-7-11-17-33)38(30)34-24-21-31(40)26-36(34)44-27-28-13-8-6-9-14-28/h6-11,13-14,16-17,19-24,26,30,35,38H,12,15,18,25,27H2,1-5H3/t30-,35+,38-/m0/s1. The summed E-state index contributed by atoms with van der Waals surface area (Å²) < 4.78 is 28.2. The first-order chi connectivity index (χ1) is 21.9. The quantitative estimate of drug-likeness (QED) is 0.138. The second-order valence-corrected chi connectivity index (χ2v) is 19.5. The number of hydrogen-bond acceptors (Lipinski definition) is 3.